The van der Waals surface area contributed by atoms with E-state index in [-0.39, 0.29) is 0 Å². The van der Waals surface area contributed by atoms with Crippen molar-refractivity contribution < 1.29 is 0 Å². The number of pyridine rings is 1. The van der Waals surface area contributed by atoms with Gasteiger partial charge in [-0.15, -0.1) is 0 Å². The number of anilines is 4. The Morgan fingerprint density at radius 3 is 2.05 bits per heavy atom. The molecule has 4 nitrogen and oxygen atoms in total. The van der Waals surface area contributed by atoms with Gasteiger partial charge in [-0.2, -0.15) is 0 Å². The summed E-state index contributed by atoms with van der Waals surface area (Å²) < 4.78 is 0. The van der Waals surface area contributed by atoms with Gasteiger partial charge in [0, 0.05) is 5.69 Å². The summed E-state index contributed by atoms with van der Waals surface area (Å²) in [6.07, 6.45) is 0. The molecular weight excluding hydrogens is 260 g/mol. The van der Waals surface area contributed by atoms with Gasteiger partial charge in [0.25, 0.3) is 0 Å². The van der Waals surface area contributed by atoms with Crippen molar-refractivity contribution in [2.24, 2.45) is 0 Å². The predicted octanol–water partition coefficient (Wildman–Crippen LogP) is 3.66. The average molecular weight is 276 g/mol. The van der Waals surface area contributed by atoms with Gasteiger partial charge in [0.2, 0.25) is 0 Å². The summed E-state index contributed by atoms with van der Waals surface area (Å²) in [5.41, 5.74) is 15.2. The van der Waals surface area contributed by atoms with Crippen molar-refractivity contribution in [1.29, 1.82) is 0 Å². The molecule has 0 unspecified atom stereocenters. The Bertz CT molecular complexity index is 736. The highest BCUT2D eigenvalue weighted by Gasteiger charge is 2.01. The predicted molar refractivity (Wildman–Crippen MR) is 88.2 cm³/mol. The van der Waals surface area contributed by atoms with Gasteiger partial charge in [-0.25, -0.2) is 4.98 Å². The van der Waals surface area contributed by atoms with E-state index in [0.29, 0.717) is 17.3 Å². The summed E-state index contributed by atoms with van der Waals surface area (Å²) >= 11 is 0. The van der Waals surface area contributed by atoms with E-state index in [1.54, 1.807) is 12.1 Å². The molecule has 21 heavy (non-hydrogen) atoms. The normalized spacial score (nSPS) is 10.3. The van der Waals surface area contributed by atoms with Gasteiger partial charge in [0.05, 0.1) is 5.69 Å². The van der Waals surface area contributed by atoms with E-state index in [0.717, 1.165) is 5.69 Å². The Kier molecular flexibility index (Phi) is 3.43. The molecule has 0 fully saturated rings. The molecule has 3 aromatic rings. The van der Waals surface area contributed by atoms with Gasteiger partial charge in [-0.1, -0.05) is 42.5 Å². The molecule has 1 aromatic heterocycles. The fourth-order valence-electron chi connectivity index (χ4n) is 2.08. The van der Waals surface area contributed by atoms with E-state index < -0.39 is 0 Å². The molecule has 1 heterocycles. The largest absolute Gasteiger partial charge is 0.396 e. The fraction of sp³-hybridized carbons (Fsp3) is 0. The molecule has 104 valence electrons. The second-order valence-corrected chi connectivity index (χ2v) is 4.74. The minimum atomic E-state index is 0.334. The lowest BCUT2D eigenvalue weighted by Crippen LogP contribution is -2.00. The van der Waals surface area contributed by atoms with Crippen molar-refractivity contribution in [3.8, 4) is 11.1 Å². The molecule has 0 aliphatic rings. The van der Waals surface area contributed by atoms with Crippen LogP contribution in [-0.2, 0) is 0 Å². The van der Waals surface area contributed by atoms with Crippen molar-refractivity contribution in [2.75, 3.05) is 16.8 Å². The number of benzene rings is 2. The highest BCUT2D eigenvalue weighted by atomic mass is 15.0. The number of nitrogens with one attached hydrogen (secondary N) is 1. The zero-order valence-electron chi connectivity index (χ0n) is 11.5. The summed E-state index contributed by atoms with van der Waals surface area (Å²) in [5, 5.41) is 3.20. The minimum absolute atomic E-state index is 0.334. The van der Waals surface area contributed by atoms with Crippen molar-refractivity contribution in [2.45, 2.75) is 0 Å². The van der Waals surface area contributed by atoms with Crippen molar-refractivity contribution in [1.82, 2.24) is 4.98 Å². The van der Waals surface area contributed by atoms with Gasteiger partial charge >= 0.3 is 0 Å². The molecule has 0 atom stereocenters. The van der Waals surface area contributed by atoms with Crippen LogP contribution in [0.5, 0.6) is 0 Å². The molecule has 0 spiro atoms. The van der Waals surface area contributed by atoms with Gasteiger partial charge in [-0.3, -0.25) is 0 Å². The van der Waals surface area contributed by atoms with Gasteiger partial charge in [-0.05, 0) is 35.4 Å². The Morgan fingerprint density at radius 2 is 1.38 bits per heavy atom. The zero-order valence-corrected chi connectivity index (χ0v) is 11.5. The van der Waals surface area contributed by atoms with Crippen LogP contribution in [-0.4, -0.2) is 4.98 Å². The second-order valence-electron chi connectivity index (χ2n) is 4.74. The first kappa shape index (κ1) is 13.0. The molecule has 0 saturated carbocycles. The molecule has 0 aliphatic heterocycles. The summed E-state index contributed by atoms with van der Waals surface area (Å²) in [6.45, 7) is 0. The standard InChI is InChI=1S/C17H16N4/c18-15-10-11-16(21-17(15)19)20-14-8-6-13(7-9-14)12-4-2-1-3-5-12/h1-11H,18H2,(H3,19,20,21). The van der Waals surface area contributed by atoms with Crippen LogP contribution in [0.4, 0.5) is 23.0 Å². The first-order valence-electron chi connectivity index (χ1n) is 6.67. The molecule has 5 N–H and O–H groups in total. The average Bonchev–Trinajstić information content (AvgIpc) is 2.53. The topological polar surface area (TPSA) is 77.0 Å². The van der Waals surface area contributed by atoms with Crippen molar-refractivity contribution in [3.63, 3.8) is 0 Å². The first-order valence-corrected chi connectivity index (χ1v) is 6.67. The SMILES string of the molecule is Nc1ccc(Nc2ccc(-c3ccccc3)cc2)nc1N. The molecule has 0 saturated heterocycles. The Balaban J connectivity index is 1.80. The van der Waals surface area contributed by atoms with Gasteiger partial charge in [0.1, 0.15) is 11.6 Å². The van der Waals surface area contributed by atoms with Gasteiger partial charge < -0.3 is 16.8 Å². The number of hydrogen-bond acceptors (Lipinski definition) is 4. The summed E-state index contributed by atoms with van der Waals surface area (Å²) in [7, 11) is 0. The van der Waals surface area contributed by atoms with E-state index in [1.165, 1.54) is 11.1 Å². The number of nitrogen functional groups attached to an aromatic ring is 2. The number of hydrogen-bond donors (Lipinski definition) is 3. The third-order valence-electron chi connectivity index (χ3n) is 3.22. The smallest absolute Gasteiger partial charge is 0.149 e. The minimum Gasteiger partial charge on any atom is -0.396 e. The third-order valence-corrected chi connectivity index (χ3v) is 3.22. The van der Waals surface area contributed by atoms with Crippen LogP contribution in [0, 0.1) is 0 Å². The number of rotatable bonds is 3. The van der Waals surface area contributed by atoms with Crippen molar-refractivity contribution in [3.05, 3.63) is 66.7 Å². The van der Waals surface area contributed by atoms with Crippen LogP contribution < -0.4 is 16.8 Å². The third kappa shape index (κ3) is 2.95. The van der Waals surface area contributed by atoms with E-state index in [2.05, 4.69) is 34.6 Å². The Morgan fingerprint density at radius 1 is 0.714 bits per heavy atom. The maximum atomic E-state index is 5.70. The lowest BCUT2D eigenvalue weighted by molar-refractivity contribution is 1.32. The number of nitrogens with two attached hydrogens (primary N) is 2. The molecule has 0 aliphatic carbocycles. The van der Waals surface area contributed by atoms with Crippen LogP contribution in [0.2, 0.25) is 0 Å². The van der Waals surface area contributed by atoms with Crippen LogP contribution >= 0.6 is 0 Å². The fourth-order valence-corrected chi connectivity index (χ4v) is 2.08. The molecule has 0 bridgehead atoms. The highest BCUT2D eigenvalue weighted by molar-refractivity contribution is 5.69. The van der Waals surface area contributed by atoms with Gasteiger partial charge in [0.15, 0.2) is 0 Å². The molecule has 0 amide bonds. The van der Waals surface area contributed by atoms with E-state index in [1.807, 2.05) is 30.3 Å². The number of nitrogens with zero attached hydrogens (tertiary/aromatic N) is 1. The molecule has 4 heteroatoms. The maximum Gasteiger partial charge on any atom is 0.149 e. The van der Waals surface area contributed by atoms with E-state index >= 15 is 0 Å². The Labute approximate surface area is 123 Å². The van der Waals surface area contributed by atoms with Crippen molar-refractivity contribution >= 4 is 23.0 Å². The second kappa shape index (κ2) is 5.54. The summed E-state index contributed by atoms with van der Waals surface area (Å²) in [5.74, 6) is 1.01. The lowest BCUT2D eigenvalue weighted by atomic mass is 10.1. The molecule has 3 rings (SSSR count). The van der Waals surface area contributed by atoms with E-state index in [9.17, 15) is 0 Å². The quantitative estimate of drug-likeness (QED) is 0.682. The molecular formula is C17H16N4. The first-order chi connectivity index (χ1) is 10.2. The molecule has 2 aromatic carbocycles. The van der Waals surface area contributed by atoms with E-state index in [4.69, 9.17) is 11.5 Å². The lowest BCUT2D eigenvalue weighted by Gasteiger charge is -2.08. The monoisotopic (exact) mass is 276 g/mol. The molecule has 0 radical (unpaired) electrons. The maximum absolute atomic E-state index is 5.70. The number of aromatic nitrogens is 1. The summed E-state index contributed by atoms with van der Waals surface area (Å²) in [4.78, 5) is 4.19. The highest BCUT2D eigenvalue weighted by Crippen LogP contribution is 2.23. The zero-order chi connectivity index (χ0) is 14.7. The van der Waals surface area contributed by atoms with Crippen LogP contribution in [0.1, 0.15) is 0 Å². The van der Waals surface area contributed by atoms with Crippen LogP contribution in [0.15, 0.2) is 66.7 Å². The Hall–Kier alpha value is -3.01. The van der Waals surface area contributed by atoms with Crippen LogP contribution in [0.3, 0.4) is 0 Å². The summed E-state index contributed by atoms with van der Waals surface area (Å²) in [6, 6.07) is 21.9. The van der Waals surface area contributed by atoms with Crippen LogP contribution in [0.25, 0.3) is 11.1 Å².